The number of halogens is 1. The molecule has 3 aromatic rings. The summed E-state index contributed by atoms with van der Waals surface area (Å²) in [4.78, 5) is 16.7. The van der Waals surface area contributed by atoms with Crippen LogP contribution in [-0.4, -0.2) is 25.6 Å². The minimum absolute atomic E-state index is 0.113. The lowest BCUT2D eigenvalue weighted by Crippen LogP contribution is -2.27. The molecular formula is C19H17FN2O3S. The summed E-state index contributed by atoms with van der Waals surface area (Å²) >= 11 is 0. The number of para-hydroxylation sites is 1. The van der Waals surface area contributed by atoms with Crippen LogP contribution in [0.15, 0.2) is 59.5 Å². The SMILES string of the molecule is C[C@H](NC(=O)c1ccc2cccc(F)c2n1)c1ccc(S(C)(=O)=O)cc1. The molecule has 2 aromatic carbocycles. The third-order valence-electron chi connectivity index (χ3n) is 4.06. The van der Waals surface area contributed by atoms with Crippen LogP contribution in [0.5, 0.6) is 0 Å². The van der Waals surface area contributed by atoms with Crippen molar-refractivity contribution in [1.82, 2.24) is 10.3 Å². The number of sulfone groups is 1. The molecule has 3 rings (SSSR count). The summed E-state index contributed by atoms with van der Waals surface area (Å²) in [6.07, 6.45) is 1.14. The summed E-state index contributed by atoms with van der Waals surface area (Å²) in [5, 5.41) is 3.40. The van der Waals surface area contributed by atoms with Gasteiger partial charge in [0.15, 0.2) is 9.84 Å². The zero-order valence-electron chi connectivity index (χ0n) is 14.2. The van der Waals surface area contributed by atoms with Gasteiger partial charge in [0.05, 0.1) is 10.9 Å². The highest BCUT2D eigenvalue weighted by atomic mass is 32.2. The summed E-state index contributed by atoms with van der Waals surface area (Å²) < 4.78 is 36.9. The molecule has 5 nitrogen and oxygen atoms in total. The van der Waals surface area contributed by atoms with E-state index in [0.717, 1.165) is 11.8 Å². The number of amides is 1. The summed E-state index contributed by atoms with van der Waals surface area (Å²) in [5.41, 5.74) is 1.00. The molecule has 1 atom stereocenters. The number of nitrogens with zero attached hydrogens (tertiary/aromatic N) is 1. The Bertz CT molecular complexity index is 1080. The number of aromatic nitrogens is 1. The first-order valence-corrected chi connectivity index (χ1v) is 9.81. The van der Waals surface area contributed by atoms with Gasteiger partial charge in [-0.25, -0.2) is 17.8 Å². The lowest BCUT2D eigenvalue weighted by Gasteiger charge is -2.14. The minimum atomic E-state index is -3.27. The maximum Gasteiger partial charge on any atom is 0.270 e. The lowest BCUT2D eigenvalue weighted by molar-refractivity contribution is 0.0935. The van der Waals surface area contributed by atoms with Crippen LogP contribution in [0.3, 0.4) is 0 Å². The molecule has 7 heteroatoms. The molecule has 134 valence electrons. The number of nitrogens with one attached hydrogen (secondary N) is 1. The fourth-order valence-corrected chi connectivity index (χ4v) is 3.23. The Morgan fingerprint density at radius 2 is 1.77 bits per heavy atom. The van der Waals surface area contributed by atoms with Gasteiger partial charge in [-0.1, -0.05) is 30.3 Å². The third kappa shape index (κ3) is 3.72. The van der Waals surface area contributed by atoms with Crippen molar-refractivity contribution in [3.05, 3.63) is 71.7 Å². The monoisotopic (exact) mass is 372 g/mol. The molecule has 0 aliphatic heterocycles. The predicted molar refractivity (Wildman–Crippen MR) is 97.1 cm³/mol. The van der Waals surface area contributed by atoms with Gasteiger partial charge in [-0.3, -0.25) is 4.79 Å². The number of hydrogen-bond donors (Lipinski definition) is 1. The van der Waals surface area contributed by atoms with Crippen molar-refractivity contribution in [3.63, 3.8) is 0 Å². The minimum Gasteiger partial charge on any atom is -0.344 e. The quantitative estimate of drug-likeness (QED) is 0.763. The van der Waals surface area contributed by atoms with E-state index in [2.05, 4.69) is 10.3 Å². The van der Waals surface area contributed by atoms with Crippen LogP contribution in [0.1, 0.15) is 29.0 Å². The van der Waals surface area contributed by atoms with Crippen molar-refractivity contribution in [2.45, 2.75) is 17.9 Å². The van der Waals surface area contributed by atoms with Crippen LogP contribution in [0.2, 0.25) is 0 Å². The van der Waals surface area contributed by atoms with Gasteiger partial charge >= 0.3 is 0 Å². The molecule has 0 saturated carbocycles. The molecule has 0 bridgehead atoms. The van der Waals surface area contributed by atoms with Crippen molar-refractivity contribution < 1.29 is 17.6 Å². The molecule has 0 saturated heterocycles. The molecule has 1 aromatic heterocycles. The summed E-state index contributed by atoms with van der Waals surface area (Å²) in [6.45, 7) is 1.77. The van der Waals surface area contributed by atoms with E-state index in [1.54, 1.807) is 37.3 Å². The van der Waals surface area contributed by atoms with Crippen molar-refractivity contribution in [3.8, 4) is 0 Å². The Labute approximate surface area is 150 Å². The molecule has 1 heterocycles. The number of carbonyl (C=O) groups is 1. The van der Waals surface area contributed by atoms with E-state index < -0.39 is 21.6 Å². The number of fused-ring (bicyclic) bond motifs is 1. The standard InChI is InChI=1S/C19H17FN2O3S/c1-12(13-6-9-15(10-7-13)26(2,24)25)21-19(23)17-11-8-14-4-3-5-16(20)18(14)22-17/h3-12H,1-2H3,(H,21,23)/t12-/m0/s1. The van der Waals surface area contributed by atoms with Crippen LogP contribution in [0.4, 0.5) is 4.39 Å². The van der Waals surface area contributed by atoms with Crippen LogP contribution in [0.25, 0.3) is 10.9 Å². The maximum absolute atomic E-state index is 13.8. The largest absolute Gasteiger partial charge is 0.344 e. The predicted octanol–water partition coefficient (Wildman–Crippen LogP) is 3.27. The fraction of sp³-hybridized carbons (Fsp3) is 0.158. The van der Waals surface area contributed by atoms with Gasteiger partial charge in [0.1, 0.15) is 17.0 Å². The molecule has 0 unspecified atom stereocenters. The van der Waals surface area contributed by atoms with Gasteiger partial charge in [-0.05, 0) is 36.8 Å². The van der Waals surface area contributed by atoms with Crippen LogP contribution in [-0.2, 0) is 9.84 Å². The topological polar surface area (TPSA) is 76.1 Å². The first-order chi connectivity index (χ1) is 12.3. The Hall–Kier alpha value is -2.80. The molecular weight excluding hydrogens is 355 g/mol. The van der Waals surface area contributed by atoms with E-state index in [1.807, 2.05) is 0 Å². The van der Waals surface area contributed by atoms with Crippen LogP contribution < -0.4 is 5.32 Å². The zero-order chi connectivity index (χ0) is 18.9. The molecule has 0 aliphatic carbocycles. The van der Waals surface area contributed by atoms with Crippen molar-refractivity contribution >= 4 is 26.6 Å². The molecule has 0 aliphatic rings. The second-order valence-corrected chi connectivity index (χ2v) is 8.06. The lowest BCUT2D eigenvalue weighted by atomic mass is 10.1. The van der Waals surface area contributed by atoms with E-state index in [0.29, 0.717) is 5.39 Å². The summed E-state index contributed by atoms with van der Waals surface area (Å²) in [6, 6.07) is 13.7. The van der Waals surface area contributed by atoms with Crippen LogP contribution >= 0.6 is 0 Å². The van der Waals surface area contributed by atoms with Gasteiger partial charge < -0.3 is 5.32 Å². The highest BCUT2D eigenvalue weighted by Gasteiger charge is 2.15. The molecule has 1 amide bonds. The Morgan fingerprint density at radius 3 is 2.42 bits per heavy atom. The van der Waals surface area contributed by atoms with Gasteiger partial charge in [-0.15, -0.1) is 0 Å². The first kappa shape index (κ1) is 18.0. The summed E-state index contributed by atoms with van der Waals surface area (Å²) in [7, 11) is -3.27. The van der Waals surface area contributed by atoms with Gasteiger partial charge in [-0.2, -0.15) is 0 Å². The third-order valence-corrected chi connectivity index (χ3v) is 5.19. The summed E-state index contributed by atoms with van der Waals surface area (Å²) in [5.74, 6) is -0.920. The van der Waals surface area contributed by atoms with Gasteiger partial charge in [0, 0.05) is 11.6 Å². The van der Waals surface area contributed by atoms with Crippen molar-refractivity contribution in [2.24, 2.45) is 0 Å². The highest BCUT2D eigenvalue weighted by molar-refractivity contribution is 7.90. The first-order valence-electron chi connectivity index (χ1n) is 7.92. The van der Waals surface area contributed by atoms with E-state index >= 15 is 0 Å². The van der Waals surface area contributed by atoms with Crippen molar-refractivity contribution in [2.75, 3.05) is 6.26 Å². The molecule has 0 spiro atoms. The number of carbonyl (C=O) groups excluding carboxylic acids is 1. The van der Waals surface area contributed by atoms with E-state index in [1.165, 1.54) is 24.3 Å². The number of rotatable bonds is 4. The van der Waals surface area contributed by atoms with Crippen LogP contribution in [0, 0.1) is 5.82 Å². The molecule has 0 radical (unpaired) electrons. The molecule has 26 heavy (non-hydrogen) atoms. The Morgan fingerprint density at radius 1 is 1.08 bits per heavy atom. The maximum atomic E-state index is 13.8. The number of pyridine rings is 1. The van der Waals surface area contributed by atoms with Gasteiger partial charge in [0.25, 0.3) is 5.91 Å². The molecule has 1 N–H and O–H groups in total. The van der Waals surface area contributed by atoms with Crippen molar-refractivity contribution in [1.29, 1.82) is 0 Å². The fourth-order valence-electron chi connectivity index (χ4n) is 2.59. The van der Waals surface area contributed by atoms with E-state index in [4.69, 9.17) is 0 Å². The number of benzene rings is 2. The highest BCUT2D eigenvalue weighted by Crippen LogP contribution is 2.18. The molecule has 0 fully saturated rings. The van der Waals surface area contributed by atoms with Gasteiger partial charge in [0.2, 0.25) is 0 Å². The smallest absolute Gasteiger partial charge is 0.270 e. The average molecular weight is 372 g/mol. The average Bonchev–Trinajstić information content (AvgIpc) is 2.61. The normalized spacial score (nSPS) is 12.7. The second-order valence-electron chi connectivity index (χ2n) is 6.04. The second kappa shape index (κ2) is 6.84. The Kier molecular flexibility index (Phi) is 4.73. The Balaban J connectivity index is 1.80. The number of hydrogen-bond acceptors (Lipinski definition) is 4. The zero-order valence-corrected chi connectivity index (χ0v) is 15.0. The van der Waals surface area contributed by atoms with E-state index in [9.17, 15) is 17.6 Å². The van der Waals surface area contributed by atoms with E-state index in [-0.39, 0.29) is 22.1 Å².